The van der Waals surface area contributed by atoms with Crippen LogP contribution in [0.1, 0.15) is 38.5 Å². The van der Waals surface area contributed by atoms with Crippen molar-refractivity contribution < 1.29 is 0 Å². The van der Waals surface area contributed by atoms with Crippen LogP contribution in [-0.4, -0.2) is 17.2 Å². The van der Waals surface area contributed by atoms with Crippen LogP contribution < -0.4 is 5.32 Å². The maximum Gasteiger partial charge on any atom is 0.0492 e. The van der Waals surface area contributed by atoms with Gasteiger partial charge in [-0.2, -0.15) is 0 Å². The smallest absolute Gasteiger partial charge is 0.0492 e. The fraction of sp³-hybridized carbons (Fsp3) is 0.529. The molecule has 3 heteroatoms. The van der Waals surface area contributed by atoms with Crippen molar-refractivity contribution in [2.45, 2.75) is 51.1 Å². The van der Waals surface area contributed by atoms with Crippen molar-refractivity contribution in [2.75, 3.05) is 6.54 Å². The SMILES string of the molecule is Brc1ccc2ccn(CCNC3CCCCCC3)c2c1. The van der Waals surface area contributed by atoms with Crippen molar-refractivity contribution in [3.63, 3.8) is 0 Å². The lowest BCUT2D eigenvalue weighted by atomic mass is 10.1. The van der Waals surface area contributed by atoms with Crippen molar-refractivity contribution in [1.82, 2.24) is 9.88 Å². The highest BCUT2D eigenvalue weighted by atomic mass is 79.9. The van der Waals surface area contributed by atoms with Crippen LogP contribution in [0.3, 0.4) is 0 Å². The van der Waals surface area contributed by atoms with Gasteiger partial charge in [0.1, 0.15) is 0 Å². The van der Waals surface area contributed by atoms with E-state index in [4.69, 9.17) is 0 Å². The molecule has 0 aliphatic heterocycles. The topological polar surface area (TPSA) is 17.0 Å². The summed E-state index contributed by atoms with van der Waals surface area (Å²) in [5, 5.41) is 5.07. The summed E-state index contributed by atoms with van der Waals surface area (Å²) < 4.78 is 3.51. The van der Waals surface area contributed by atoms with E-state index in [0.29, 0.717) is 0 Å². The van der Waals surface area contributed by atoms with E-state index in [1.54, 1.807) is 0 Å². The van der Waals surface area contributed by atoms with Gasteiger partial charge in [-0.15, -0.1) is 0 Å². The second kappa shape index (κ2) is 6.77. The highest BCUT2D eigenvalue weighted by Crippen LogP contribution is 2.21. The number of aromatic nitrogens is 1. The number of rotatable bonds is 4. The summed E-state index contributed by atoms with van der Waals surface area (Å²) in [7, 11) is 0. The van der Waals surface area contributed by atoms with Crippen LogP contribution in [0.2, 0.25) is 0 Å². The normalized spacial score (nSPS) is 17.4. The van der Waals surface area contributed by atoms with E-state index in [9.17, 15) is 0 Å². The van der Waals surface area contributed by atoms with Gasteiger partial charge in [0.25, 0.3) is 0 Å². The van der Waals surface area contributed by atoms with Crippen LogP contribution >= 0.6 is 15.9 Å². The summed E-state index contributed by atoms with van der Waals surface area (Å²) in [6.45, 7) is 2.12. The molecular weight excluding hydrogens is 312 g/mol. The predicted octanol–water partition coefficient (Wildman–Crippen LogP) is 4.72. The van der Waals surface area contributed by atoms with Gasteiger partial charge in [0.2, 0.25) is 0 Å². The molecular formula is C17H23BrN2. The zero-order chi connectivity index (χ0) is 13.8. The highest BCUT2D eigenvalue weighted by molar-refractivity contribution is 9.10. The third-order valence-electron chi connectivity index (χ3n) is 4.38. The van der Waals surface area contributed by atoms with E-state index < -0.39 is 0 Å². The Bertz CT molecular complexity index is 553. The molecule has 0 bridgehead atoms. The van der Waals surface area contributed by atoms with Crippen molar-refractivity contribution in [3.05, 3.63) is 34.9 Å². The summed E-state index contributed by atoms with van der Waals surface area (Å²) in [6, 6.07) is 9.44. The fourth-order valence-corrected chi connectivity index (χ4v) is 3.57. The Kier molecular flexibility index (Phi) is 4.79. The first kappa shape index (κ1) is 14.2. The van der Waals surface area contributed by atoms with Crippen LogP contribution in [0.4, 0.5) is 0 Å². The Hall–Kier alpha value is -0.800. The maximum absolute atomic E-state index is 3.75. The molecule has 1 heterocycles. The van der Waals surface area contributed by atoms with Crippen molar-refractivity contribution in [2.24, 2.45) is 0 Å². The zero-order valence-corrected chi connectivity index (χ0v) is 13.5. The van der Waals surface area contributed by atoms with Gasteiger partial charge < -0.3 is 9.88 Å². The molecule has 1 aliphatic rings. The Labute approximate surface area is 129 Å². The van der Waals surface area contributed by atoms with Crippen LogP contribution in [0.25, 0.3) is 10.9 Å². The molecule has 2 aromatic rings. The van der Waals surface area contributed by atoms with Gasteiger partial charge in [-0.1, -0.05) is 47.7 Å². The highest BCUT2D eigenvalue weighted by Gasteiger charge is 2.11. The summed E-state index contributed by atoms with van der Waals surface area (Å²) in [5.74, 6) is 0. The van der Waals surface area contributed by atoms with E-state index in [0.717, 1.165) is 23.6 Å². The number of hydrogen-bond acceptors (Lipinski definition) is 1. The molecule has 1 aliphatic carbocycles. The molecule has 2 nitrogen and oxygen atoms in total. The van der Waals surface area contributed by atoms with Crippen LogP contribution in [-0.2, 0) is 6.54 Å². The van der Waals surface area contributed by atoms with Gasteiger partial charge in [-0.05, 0) is 36.4 Å². The van der Waals surface area contributed by atoms with E-state index in [-0.39, 0.29) is 0 Å². The van der Waals surface area contributed by atoms with Crippen molar-refractivity contribution in [1.29, 1.82) is 0 Å². The number of benzene rings is 1. The van der Waals surface area contributed by atoms with Gasteiger partial charge in [0, 0.05) is 35.3 Å². The first-order valence-corrected chi connectivity index (χ1v) is 8.60. The van der Waals surface area contributed by atoms with Crippen LogP contribution in [0.5, 0.6) is 0 Å². The lowest BCUT2D eigenvalue weighted by molar-refractivity contribution is 0.447. The van der Waals surface area contributed by atoms with E-state index in [1.165, 1.54) is 49.4 Å². The number of halogens is 1. The molecule has 0 saturated heterocycles. The molecule has 1 fully saturated rings. The van der Waals surface area contributed by atoms with Crippen molar-refractivity contribution in [3.8, 4) is 0 Å². The molecule has 3 rings (SSSR count). The summed E-state index contributed by atoms with van der Waals surface area (Å²) >= 11 is 3.56. The van der Waals surface area contributed by atoms with Crippen LogP contribution in [0.15, 0.2) is 34.9 Å². The molecule has 1 aromatic heterocycles. The molecule has 0 atom stereocenters. The Morgan fingerprint density at radius 3 is 2.70 bits per heavy atom. The summed E-state index contributed by atoms with van der Waals surface area (Å²) in [4.78, 5) is 0. The molecule has 108 valence electrons. The van der Waals surface area contributed by atoms with Crippen molar-refractivity contribution >= 4 is 26.8 Å². The van der Waals surface area contributed by atoms with E-state index in [1.807, 2.05) is 0 Å². The Morgan fingerprint density at radius 1 is 1.10 bits per heavy atom. The van der Waals surface area contributed by atoms with Gasteiger partial charge in [0.15, 0.2) is 0 Å². The monoisotopic (exact) mass is 334 g/mol. The molecule has 0 radical (unpaired) electrons. The number of nitrogens with one attached hydrogen (secondary N) is 1. The minimum Gasteiger partial charge on any atom is -0.346 e. The first-order valence-electron chi connectivity index (χ1n) is 7.81. The van der Waals surface area contributed by atoms with Crippen LogP contribution in [0, 0.1) is 0 Å². The average Bonchev–Trinajstić information content (AvgIpc) is 2.68. The quantitative estimate of drug-likeness (QED) is 0.800. The first-order chi connectivity index (χ1) is 9.83. The number of hydrogen-bond donors (Lipinski definition) is 1. The third-order valence-corrected chi connectivity index (χ3v) is 4.87. The molecule has 0 amide bonds. The van der Waals surface area contributed by atoms with E-state index in [2.05, 4.69) is 56.3 Å². The molecule has 0 unspecified atom stereocenters. The molecule has 1 N–H and O–H groups in total. The average molecular weight is 335 g/mol. The lowest BCUT2D eigenvalue weighted by Crippen LogP contribution is -2.31. The minimum absolute atomic E-state index is 0.742. The standard InChI is InChI=1S/C17H23BrN2/c18-15-8-7-14-9-11-20(17(14)13-15)12-10-19-16-5-3-1-2-4-6-16/h7-9,11,13,16,19H,1-6,10,12H2. The van der Waals surface area contributed by atoms with Gasteiger partial charge in [-0.3, -0.25) is 0 Å². The van der Waals surface area contributed by atoms with Gasteiger partial charge in [0.05, 0.1) is 0 Å². The predicted molar refractivity (Wildman–Crippen MR) is 89.1 cm³/mol. The number of fused-ring (bicyclic) bond motifs is 1. The minimum atomic E-state index is 0.742. The van der Waals surface area contributed by atoms with Gasteiger partial charge >= 0.3 is 0 Å². The fourth-order valence-electron chi connectivity index (χ4n) is 3.22. The van der Waals surface area contributed by atoms with E-state index >= 15 is 0 Å². The Morgan fingerprint density at radius 2 is 1.90 bits per heavy atom. The largest absolute Gasteiger partial charge is 0.346 e. The molecule has 1 aromatic carbocycles. The summed E-state index contributed by atoms with van der Waals surface area (Å²) in [5.41, 5.74) is 1.32. The maximum atomic E-state index is 3.75. The van der Waals surface area contributed by atoms with Gasteiger partial charge in [-0.25, -0.2) is 0 Å². The lowest BCUT2D eigenvalue weighted by Gasteiger charge is -2.16. The Balaban J connectivity index is 1.58. The number of nitrogens with zero attached hydrogens (tertiary/aromatic N) is 1. The third kappa shape index (κ3) is 3.44. The molecule has 1 saturated carbocycles. The molecule has 20 heavy (non-hydrogen) atoms. The summed E-state index contributed by atoms with van der Waals surface area (Å²) in [6.07, 6.45) is 10.6. The second-order valence-corrected chi connectivity index (χ2v) is 6.77. The second-order valence-electron chi connectivity index (χ2n) is 5.85. The zero-order valence-electron chi connectivity index (χ0n) is 11.9. The molecule has 0 spiro atoms.